The molecule has 1 fully saturated rings. The van der Waals surface area contributed by atoms with Crippen LogP contribution in [0.4, 0.5) is 5.69 Å². The van der Waals surface area contributed by atoms with E-state index in [2.05, 4.69) is 4.90 Å². The Morgan fingerprint density at radius 3 is 2.27 bits per heavy atom. The van der Waals surface area contributed by atoms with Crippen molar-refractivity contribution in [3.05, 3.63) is 65.7 Å². The summed E-state index contributed by atoms with van der Waals surface area (Å²) in [5, 5.41) is 0. The first-order valence-corrected chi connectivity index (χ1v) is 7.53. The maximum atomic E-state index is 12.5. The van der Waals surface area contributed by atoms with Gasteiger partial charge in [-0.25, -0.2) is 0 Å². The molecular formula is C18H20N2O2. The minimum Gasteiger partial charge on any atom is -0.378 e. The highest BCUT2D eigenvalue weighted by Crippen LogP contribution is 2.20. The summed E-state index contributed by atoms with van der Waals surface area (Å²) in [5.74, 6) is -0.0558. The van der Waals surface area contributed by atoms with E-state index in [1.54, 1.807) is 0 Å². The van der Waals surface area contributed by atoms with Gasteiger partial charge >= 0.3 is 0 Å². The summed E-state index contributed by atoms with van der Waals surface area (Å²) in [6, 6.07) is 16.5. The van der Waals surface area contributed by atoms with Crippen LogP contribution in [0.3, 0.4) is 0 Å². The van der Waals surface area contributed by atoms with E-state index in [0.717, 1.165) is 37.6 Å². The number of morpholine rings is 1. The molecule has 2 aromatic rings. The van der Waals surface area contributed by atoms with Crippen LogP contribution in [0, 0.1) is 0 Å². The van der Waals surface area contributed by atoms with Crippen molar-refractivity contribution >= 4 is 11.5 Å². The number of ether oxygens (including phenoxy) is 1. The molecule has 2 aromatic carbocycles. The third-order valence-electron chi connectivity index (χ3n) is 3.97. The quantitative estimate of drug-likeness (QED) is 0.880. The molecular weight excluding hydrogens is 276 g/mol. The zero-order valence-corrected chi connectivity index (χ0v) is 12.4. The summed E-state index contributed by atoms with van der Waals surface area (Å²) in [6.45, 7) is 3.27. The van der Waals surface area contributed by atoms with Crippen molar-refractivity contribution in [3.8, 4) is 0 Å². The van der Waals surface area contributed by atoms with E-state index in [-0.39, 0.29) is 5.78 Å². The van der Waals surface area contributed by atoms with E-state index in [9.17, 15) is 4.79 Å². The van der Waals surface area contributed by atoms with Gasteiger partial charge in [0, 0.05) is 24.3 Å². The first-order valence-electron chi connectivity index (χ1n) is 7.53. The predicted octanol–water partition coefficient (Wildman–Crippen LogP) is 2.41. The number of carbonyl (C=O) groups excluding carboxylic acids is 1. The Kier molecular flexibility index (Phi) is 4.51. The first-order chi connectivity index (χ1) is 10.8. The molecule has 1 aliphatic rings. The van der Waals surface area contributed by atoms with Gasteiger partial charge in [0.2, 0.25) is 0 Å². The van der Waals surface area contributed by atoms with E-state index >= 15 is 0 Å². The molecule has 1 unspecified atom stereocenters. The highest BCUT2D eigenvalue weighted by atomic mass is 16.5. The van der Waals surface area contributed by atoms with Gasteiger partial charge in [0.15, 0.2) is 5.78 Å². The molecule has 1 heterocycles. The Bertz CT molecular complexity index is 619. The standard InChI is InChI=1S/C18H20N2O2/c19-17(14-4-2-1-3-5-14)18(21)15-6-8-16(9-7-15)20-10-12-22-13-11-20/h1-9,17H,10-13,19H2. The van der Waals surface area contributed by atoms with Crippen LogP contribution in [-0.4, -0.2) is 32.1 Å². The minimum absolute atomic E-state index is 0.0558. The lowest BCUT2D eigenvalue weighted by Crippen LogP contribution is -2.36. The van der Waals surface area contributed by atoms with Gasteiger partial charge < -0.3 is 15.4 Å². The fourth-order valence-corrected chi connectivity index (χ4v) is 2.65. The Labute approximate surface area is 130 Å². The first kappa shape index (κ1) is 14.8. The number of carbonyl (C=O) groups is 1. The molecule has 1 saturated heterocycles. The number of hydrogen-bond donors (Lipinski definition) is 1. The fraction of sp³-hybridized carbons (Fsp3) is 0.278. The van der Waals surface area contributed by atoms with E-state index in [0.29, 0.717) is 5.56 Å². The van der Waals surface area contributed by atoms with Crippen LogP contribution in [0.25, 0.3) is 0 Å². The van der Waals surface area contributed by atoms with Gasteiger partial charge in [0.25, 0.3) is 0 Å². The molecule has 1 aliphatic heterocycles. The van der Waals surface area contributed by atoms with Gasteiger partial charge in [-0.1, -0.05) is 30.3 Å². The highest BCUT2D eigenvalue weighted by molar-refractivity contribution is 6.00. The van der Waals surface area contributed by atoms with Gasteiger partial charge in [0.05, 0.1) is 19.3 Å². The molecule has 0 saturated carbocycles. The van der Waals surface area contributed by atoms with Crippen LogP contribution in [0.15, 0.2) is 54.6 Å². The van der Waals surface area contributed by atoms with Crippen molar-refractivity contribution in [1.29, 1.82) is 0 Å². The molecule has 2 N–H and O–H groups in total. The molecule has 0 amide bonds. The number of rotatable bonds is 4. The summed E-state index contributed by atoms with van der Waals surface area (Å²) in [4.78, 5) is 14.7. The summed E-state index contributed by atoms with van der Waals surface area (Å²) < 4.78 is 5.35. The molecule has 0 bridgehead atoms. The second kappa shape index (κ2) is 6.73. The molecule has 0 aromatic heterocycles. The lowest BCUT2D eigenvalue weighted by molar-refractivity contribution is 0.0961. The molecule has 0 aliphatic carbocycles. The Morgan fingerprint density at radius 2 is 1.64 bits per heavy atom. The SMILES string of the molecule is NC(C(=O)c1ccc(N2CCOCC2)cc1)c1ccccc1. The zero-order chi connectivity index (χ0) is 15.4. The second-order valence-corrected chi connectivity index (χ2v) is 5.40. The molecule has 22 heavy (non-hydrogen) atoms. The molecule has 1 atom stereocenters. The smallest absolute Gasteiger partial charge is 0.184 e. The molecule has 114 valence electrons. The van der Waals surface area contributed by atoms with E-state index in [1.807, 2.05) is 54.6 Å². The van der Waals surface area contributed by atoms with Crippen molar-refractivity contribution in [1.82, 2.24) is 0 Å². The summed E-state index contributed by atoms with van der Waals surface area (Å²) in [5.41, 5.74) is 8.68. The van der Waals surface area contributed by atoms with Crippen molar-refractivity contribution in [3.63, 3.8) is 0 Å². The third-order valence-corrected chi connectivity index (χ3v) is 3.97. The van der Waals surface area contributed by atoms with E-state index in [4.69, 9.17) is 10.5 Å². The summed E-state index contributed by atoms with van der Waals surface area (Å²) in [6.07, 6.45) is 0. The highest BCUT2D eigenvalue weighted by Gasteiger charge is 2.18. The Hall–Kier alpha value is -2.17. The predicted molar refractivity (Wildman–Crippen MR) is 87.2 cm³/mol. The lowest BCUT2D eigenvalue weighted by atomic mass is 9.98. The van der Waals surface area contributed by atoms with E-state index < -0.39 is 6.04 Å². The largest absolute Gasteiger partial charge is 0.378 e. The number of nitrogens with two attached hydrogens (primary N) is 1. The molecule has 4 nitrogen and oxygen atoms in total. The van der Waals surface area contributed by atoms with Gasteiger partial charge in [-0.3, -0.25) is 4.79 Å². The van der Waals surface area contributed by atoms with Crippen molar-refractivity contribution in [2.45, 2.75) is 6.04 Å². The third kappa shape index (κ3) is 3.18. The summed E-state index contributed by atoms with van der Waals surface area (Å²) >= 11 is 0. The van der Waals surface area contributed by atoms with Gasteiger partial charge in [0.1, 0.15) is 0 Å². The maximum absolute atomic E-state index is 12.5. The van der Waals surface area contributed by atoms with Crippen LogP contribution in [0.1, 0.15) is 22.0 Å². The molecule has 0 spiro atoms. The lowest BCUT2D eigenvalue weighted by Gasteiger charge is -2.28. The normalized spacial score (nSPS) is 16.3. The summed E-state index contributed by atoms with van der Waals surface area (Å²) in [7, 11) is 0. The Morgan fingerprint density at radius 1 is 1.00 bits per heavy atom. The van der Waals surface area contributed by atoms with Crippen LogP contribution < -0.4 is 10.6 Å². The fourth-order valence-electron chi connectivity index (χ4n) is 2.65. The van der Waals surface area contributed by atoms with Crippen LogP contribution in [0.5, 0.6) is 0 Å². The van der Waals surface area contributed by atoms with Gasteiger partial charge in [-0.2, -0.15) is 0 Å². The number of Topliss-reactive ketones (excluding diaryl/α,β-unsaturated/α-hetero) is 1. The Balaban J connectivity index is 1.73. The number of benzene rings is 2. The van der Waals surface area contributed by atoms with Crippen molar-refractivity contribution in [2.24, 2.45) is 5.73 Å². The molecule has 0 radical (unpaired) electrons. The number of anilines is 1. The average Bonchev–Trinajstić information content (AvgIpc) is 2.62. The minimum atomic E-state index is -0.615. The van der Waals surface area contributed by atoms with Crippen LogP contribution >= 0.6 is 0 Å². The van der Waals surface area contributed by atoms with Gasteiger partial charge in [-0.15, -0.1) is 0 Å². The van der Waals surface area contributed by atoms with E-state index in [1.165, 1.54) is 0 Å². The number of hydrogen-bond acceptors (Lipinski definition) is 4. The van der Waals surface area contributed by atoms with Crippen LogP contribution in [0.2, 0.25) is 0 Å². The van der Waals surface area contributed by atoms with Crippen molar-refractivity contribution < 1.29 is 9.53 Å². The van der Waals surface area contributed by atoms with Crippen molar-refractivity contribution in [2.75, 3.05) is 31.2 Å². The molecule has 4 heteroatoms. The average molecular weight is 296 g/mol. The topological polar surface area (TPSA) is 55.6 Å². The maximum Gasteiger partial charge on any atom is 0.184 e. The monoisotopic (exact) mass is 296 g/mol. The van der Waals surface area contributed by atoms with Gasteiger partial charge in [-0.05, 0) is 29.8 Å². The zero-order valence-electron chi connectivity index (χ0n) is 12.4. The number of ketones is 1. The second-order valence-electron chi connectivity index (χ2n) is 5.40. The molecule has 3 rings (SSSR count). The van der Waals surface area contributed by atoms with Crippen LogP contribution in [-0.2, 0) is 4.74 Å². The number of nitrogens with zero attached hydrogens (tertiary/aromatic N) is 1.